The quantitative estimate of drug-likeness (QED) is 0.0798. The van der Waals surface area contributed by atoms with Gasteiger partial charge >= 0.3 is 5.97 Å². The second kappa shape index (κ2) is 16.7. The van der Waals surface area contributed by atoms with Gasteiger partial charge in [-0.2, -0.15) is 0 Å². The smallest absolute Gasteiger partial charge is 0.326 e. The average molecular weight is 514 g/mol. The summed E-state index contributed by atoms with van der Waals surface area (Å²) in [6, 6.07) is -3.81. The summed E-state index contributed by atoms with van der Waals surface area (Å²) in [5, 5.41) is 17.5. The van der Waals surface area contributed by atoms with Crippen LogP contribution in [0.5, 0.6) is 0 Å². The van der Waals surface area contributed by atoms with Crippen molar-refractivity contribution in [3.8, 4) is 0 Å². The zero-order valence-electron chi connectivity index (χ0n) is 22.5. The van der Waals surface area contributed by atoms with Crippen LogP contribution in [0, 0.1) is 17.8 Å². The molecule has 36 heavy (non-hydrogen) atoms. The number of carboxylic acids is 1. The van der Waals surface area contributed by atoms with Crippen molar-refractivity contribution in [2.75, 3.05) is 6.54 Å². The molecule has 0 saturated heterocycles. The van der Waals surface area contributed by atoms with Gasteiger partial charge in [-0.1, -0.05) is 54.4 Å². The highest BCUT2D eigenvalue weighted by molar-refractivity contribution is 5.94. The van der Waals surface area contributed by atoms with Gasteiger partial charge in [0.2, 0.25) is 17.7 Å². The van der Waals surface area contributed by atoms with Gasteiger partial charge < -0.3 is 38.3 Å². The largest absolute Gasteiger partial charge is 0.480 e. The lowest BCUT2D eigenvalue weighted by atomic mass is 9.94. The number of nitrogens with one attached hydrogen (secondary N) is 3. The third-order valence-electron chi connectivity index (χ3n) is 6.21. The van der Waals surface area contributed by atoms with Crippen molar-refractivity contribution in [1.82, 2.24) is 16.0 Å². The zero-order valence-corrected chi connectivity index (χ0v) is 22.5. The lowest BCUT2D eigenvalue weighted by Gasteiger charge is -2.30. The van der Waals surface area contributed by atoms with Crippen LogP contribution in [0.1, 0.15) is 73.6 Å². The molecule has 0 rings (SSSR count). The molecule has 3 amide bonds. The number of aliphatic carboxylic acids is 1. The van der Waals surface area contributed by atoms with Crippen molar-refractivity contribution in [3.63, 3.8) is 0 Å². The molecule has 6 atom stereocenters. The summed E-state index contributed by atoms with van der Waals surface area (Å²) in [7, 11) is 0. The van der Waals surface area contributed by atoms with Crippen molar-refractivity contribution in [3.05, 3.63) is 0 Å². The predicted octanol–water partition coefficient (Wildman–Crippen LogP) is 0.0446. The molecule has 0 saturated carbocycles. The molecular weight excluding hydrogens is 466 g/mol. The first-order chi connectivity index (χ1) is 16.7. The average Bonchev–Trinajstić information content (AvgIpc) is 2.80. The number of amides is 3. The van der Waals surface area contributed by atoms with E-state index in [4.69, 9.17) is 17.2 Å². The maximum atomic E-state index is 13.3. The fourth-order valence-corrected chi connectivity index (χ4v) is 3.54. The summed E-state index contributed by atoms with van der Waals surface area (Å²) in [5.41, 5.74) is 16.5. The van der Waals surface area contributed by atoms with Crippen LogP contribution in [-0.4, -0.2) is 65.5 Å². The van der Waals surface area contributed by atoms with Crippen molar-refractivity contribution in [2.24, 2.45) is 39.9 Å². The summed E-state index contributed by atoms with van der Waals surface area (Å²) in [5.74, 6) is -3.16. The summed E-state index contributed by atoms with van der Waals surface area (Å²) >= 11 is 0. The number of carbonyl (C=O) groups is 4. The fourth-order valence-electron chi connectivity index (χ4n) is 3.54. The van der Waals surface area contributed by atoms with Crippen LogP contribution in [0.4, 0.5) is 0 Å². The normalized spacial score (nSPS) is 16.1. The zero-order chi connectivity index (χ0) is 28.0. The van der Waals surface area contributed by atoms with Crippen molar-refractivity contribution < 1.29 is 24.3 Å². The van der Waals surface area contributed by atoms with E-state index in [-0.39, 0.29) is 36.7 Å². The molecule has 12 nitrogen and oxygen atoms in total. The van der Waals surface area contributed by atoms with E-state index in [0.717, 1.165) is 0 Å². The first kappa shape index (κ1) is 33.1. The van der Waals surface area contributed by atoms with Crippen LogP contribution < -0.4 is 33.2 Å². The highest BCUT2D eigenvalue weighted by atomic mass is 16.4. The maximum absolute atomic E-state index is 13.3. The molecule has 10 N–H and O–H groups in total. The monoisotopic (exact) mass is 513 g/mol. The molecule has 0 aromatic heterocycles. The molecule has 0 spiro atoms. The van der Waals surface area contributed by atoms with Crippen LogP contribution in [0.3, 0.4) is 0 Å². The topological polar surface area (TPSA) is 215 Å². The van der Waals surface area contributed by atoms with Crippen molar-refractivity contribution in [2.45, 2.75) is 97.8 Å². The number of aliphatic imine (C=N–C) groups is 1. The van der Waals surface area contributed by atoms with E-state index in [1.807, 2.05) is 34.6 Å². The minimum absolute atomic E-state index is 0.0985. The number of carbonyl (C=O) groups excluding carboxylic acids is 3. The predicted molar refractivity (Wildman–Crippen MR) is 140 cm³/mol. The summed E-state index contributed by atoms with van der Waals surface area (Å²) in [6.45, 7) is 11.5. The van der Waals surface area contributed by atoms with Gasteiger partial charge in [0.15, 0.2) is 5.96 Å². The lowest BCUT2D eigenvalue weighted by molar-refractivity contribution is -0.143. The molecule has 0 aromatic carbocycles. The molecule has 12 heteroatoms. The van der Waals surface area contributed by atoms with E-state index in [0.29, 0.717) is 25.7 Å². The molecule has 208 valence electrons. The van der Waals surface area contributed by atoms with Crippen LogP contribution in [0.25, 0.3) is 0 Å². The van der Waals surface area contributed by atoms with Gasteiger partial charge in [0, 0.05) is 6.54 Å². The highest BCUT2D eigenvalue weighted by Gasteiger charge is 2.34. The second-order valence-electron chi connectivity index (χ2n) is 9.83. The van der Waals surface area contributed by atoms with Gasteiger partial charge in [-0.05, 0) is 37.0 Å². The molecule has 0 heterocycles. The summed E-state index contributed by atoms with van der Waals surface area (Å²) in [6.07, 6.45) is 2.08. The number of hydrogen-bond acceptors (Lipinski definition) is 6. The van der Waals surface area contributed by atoms with Gasteiger partial charge in [-0.3, -0.25) is 19.4 Å². The molecule has 0 aliphatic heterocycles. The molecule has 0 radical (unpaired) electrons. The van der Waals surface area contributed by atoms with Crippen LogP contribution in [-0.2, 0) is 19.2 Å². The molecular formula is C24H47N7O5. The van der Waals surface area contributed by atoms with E-state index in [9.17, 15) is 24.3 Å². The van der Waals surface area contributed by atoms with E-state index >= 15 is 0 Å². The minimum Gasteiger partial charge on any atom is -0.480 e. The summed E-state index contributed by atoms with van der Waals surface area (Å²) in [4.78, 5) is 54.5. The number of rotatable bonds is 17. The lowest BCUT2D eigenvalue weighted by Crippen LogP contribution is -2.60. The Labute approximate surface area is 214 Å². The maximum Gasteiger partial charge on any atom is 0.326 e. The van der Waals surface area contributed by atoms with E-state index in [2.05, 4.69) is 20.9 Å². The second-order valence-corrected chi connectivity index (χ2v) is 9.83. The Morgan fingerprint density at radius 1 is 0.833 bits per heavy atom. The SMILES string of the molecule is CCC(C)C(NC(=O)C(N)CC(C)C)C(=O)NC(C(=O)NC(CCCN=C(N)N)C(=O)O)C(C)CC. The number of nitrogens with two attached hydrogens (primary N) is 3. The Morgan fingerprint density at radius 3 is 1.72 bits per heavy atom. The Bertz CT molecular complexity index is 755. The van der Waals surface area contributed by atoms with E-state index in [1.165, 1.54) is 0 Å². The molecule has 0 fully saturated rings. The van der Waals surface area contributed by atoms with Crippen LogP contribution >= 0.6 is 0 Å². The van der Waals surface area contributed by atoms with Crippen LogP contribution in [0.15, 0.2) is 4.99 Å². The third kappa shape index (κ3) is 12.2. The van der Waals surface area contributed by atoms with Crippen LogP contribution in [0.2, 0.25) is 0 Å². The Balaban J connectivity index is 5.55. The highest BCUT2D eigenvalue weighted by Crippen LogP contribution is 2.14. The Morgan fingerprint density at radius 2 is 1.31 bits per heavy atom. The van der Waals surface area contributed by atoms with Gasteiger partial charge in [-0.25, -0.2) is 4.79 Å². The number of nitrogens with zero attached hydrogens (tertiary/aromatic N) is 1. The third-order valence-corrected chi connectivity index (χ3v) is 6.21. The fraction of sp³-hybridized carbons (Fsp3) is 0.792. The minimum atomic E-state index is -1.20. The standard InChI is InChI=1S/C24H47N7O5/c1-7-14(5)18(21(33)29-17(23(35)36)10-9-11-28-24(26)27)31-22(34)19(15(6)8-2)30-20(32)16(25)12-13(3)4/h13-19H,7-12,25H2,1-6H3,(H,29,33)(H,30,32)(H,31,34)(H,35,36)(H4,26,27,28). The summed E-state index contributed by atoms with van der Waals surface area (Å²) < 4.78 is 0. The van der Waals surface area contributed by atoms with Gasteiger partial charge in [-0.15, -0.1) is 0 Å². The molecule has 0 bridgehead atoms. The number of hydrogen-bond donors (Lipinski definition) is 7. The van der Waals surface area contributed by atoms with E-state index in [1.54, 1.807) is 6.92 Å². The molecule has 0 aromatic rings. The Hall–Kier alpha value is -2.89. The van der Waals surface area contributed by atoms with Gasteiger partial charge in [0.25, 0.3) is 0 Å². The molecule has 6 unspecified atom stereocenters. The van der Waals surface area contributed by atoms with Crippen molar-refractivity contribution >= 4 is 29.7 Å². The van der Waals surface area contributed by atoms with Gasteiger partial charge in [0.1, 0.15) is 18.1 Å². The number of carboxylic acid groups (broad SMARTS) is 1. The first-order valence-corrected chi connectivity index (χ1v) is 12.7. The molecule has 0 aliphatic carbocycles. The van der Waals surface area contributed by atoms with E-state index < -0.39 is 47.9 Å². The number of guanidine groups is 1. The Kier molecular flexibility index (Phi) is 15.4. The van der Waals surface area contributed by atoms with Gasteiger partial charge in [0.05, 0.1) is 6.04 Å². The molecule has 0 aliphatic rings. The first-order valence-electron chi connectivity index (χ1n) is 12.7. The van der Waals surface area contributed by atoms with Crippen molar-refractivity contribution in [1.29, 1.82) is 0 Å².